The van der Waals surface area contributed by atoms with Crippen LogP contribution >= 0.6 is 0 Å². The first-order chi connectivity index (χ1) is 9.36. The number of benzene rings is 1. The number of hydrogen-bond acceptors (Lipinski definition) is 3. The topological polar surface area (TPSA) is 96.0 Å². The van der Waals surface area contributed by atoms with Gasteiger partial charge in [-0.1, -0.05) is 6.07 Å². The highest BCUT2D eigenvalue weighted by Crippen LogP contribution is 2.12. The van der Waals surface area contributed by atoms with Gasteiger partial charge in [-0.25, -0.2) is 8.78 Å². The van der Waals surface area contributed by atoms with E-state index >= 15 is 0 Å². The van der Waals surface area contributed by atoms with E-state index in [-0.39, 0.29) is 6.42 Å². The maximum atomic E-state index is 13.4. The third kappa shape index (κ3) is 3.75. The quantitative estimate of drug-likeness (QED) is 0.845. The molecule has 0 aliphatic carbocycles. The van der Waals surface area contributed by atoms with E-state index in [1.54, 1.807) is 6.92 Å². The van der Waals surface area contributed by atoms with Crippen molar-refractivity contribution in [1.29, 1.82) is 5.26 Å². The molecule has 0 bridgehead atoms. The fourth-order valence-corrected chi connectivity index (χ4v) is 1.57. The number of carbonyl (C=O) groups excluding carboxylic acids is 2. The van der Waals surface area contributed by atoms with E-state index in [2.05, 4.69) is 5.32 Å². The molecule has 0 saturated heterocycles. The predicted molar refractivity (Wildman–Crippen MR) is 66.2 cm³/mol. The summed E-state index contributed by atoms with van der Waals surface area (Å²) < 4.78 is 26.4. The summed E-state index contributed by atoms with van der Waals surface area (Å²) in [7, 11) is 0. The molecule has 0 heterocycles. The highest BCUT2D eigenvalue weighted by atomic mass is 19.2. The molecular formula is C13H13F2N3O2. The maximum Gasteiger partial charge on any atom is 0.255 e. The molecule has 0 fully saturated rings. The van der Waals surface area contributed by atoms with Crippen LogP contribution in [-0.2, 0) is 4.79 Å². The van der Waals surface area contributed by atoms with Crippen LogP contribution < -0.4 is 11.1 Å². The minimum absolute atomic E-state index is 0.00545. The molecule has 20 heavy (non-hydrogen) atoms. The van der Waals surface area contributed by atoms with Crippen molar-refractivity contribution >= 4 is 11.8 Å². The number of primary amides is 1. The number of nitriles is 1. The molecule has 0 radical (unpaired) electrons. The summed E-state index contributed by atoms with van der Waals surface area (Å²) in [5.74, 6) is -4.81. The van der Waals surface area contributed by atoms with Gasteiger partial charge in [0.25, 0.3) is 5.91 Å². The first-order valence-corrected chi connectivity index (χ1v) is 5.80. The van der Waals surface area contributed by atoms with Crippen LogP contribution in [0.3, 0.4) is 0 Å². The zero-order valence-corrected chi connectivity index (χ0v) is 10.7. The van der Waals surface area contributed by atoms with Gasteiger partial charge in [-0.15, -0.1) is 0 Å². The van der Waals surface area contributed by atoms with Gasteiger partial charge in [0.05, 0.1) is 11.6 Å². The Hall–Kier alpha value is -2.49. The number of rotatable bonds is 5. The number of carbonyl (C=O) groups is 2. The molecule has 0 aliphatic rings. The highest BCUT2D eigenvalue weighted by molar-refractivity contribution is 5.97. The second-order valence-electron chi connectivity index (χ2n) is 4.30. The van der Waals surface area contributed by atoms with Gasteiger partial charge in [-0.2, -0.15) is 5.26 Å². The van der Waals surface area contributed by atoms with Gasteiger partial charge in [0.15, 0.2) is 11.6 Å². The predicted octanol–water partition coefficient (Wildman–Crippen LogP) is 1.10. The van der Waals surface area contributed by atoms with Crippen molar-refractivity contribution in [2.24, 2.45) is 11.7 Å². The van der Waals surface area contributed by atoms with Crippen LogP contribution in [0, 0.1) is 28.9 Å². The zero-order chi connectivity index (χ0) is 15.3. The van der Waals surface area contributed by atoms with E-state index in [0.29, 0.717) is 0 Å². The van der Waals surface area contributed by atoms with E-state index < -0.39 is 41.0 Å². The summed E-state index contributed by atoms with van der Waals surface area (Å²) in [4.78, 5) is 23.0. The third-order valence-electron chi connectivity index (χ3n) is 2.65. The summed E-state index contributed by atoms with van der Waals surface area (Å²) in [6, 6.07) is 3.89. The molecule has 3 N–H and O–H groups in total. The summed E-state index contributed by atoms with van der Waals surface area (Å²) >= 11 is 0. The molecule has 0 aliphatic heterocycles. The van der Waals surface area contributed by atoms with Crippen molar-refractivity contribution in [3.05, 3.63) is 35.4 Å². The van der Waals surface area contributed by atoms with E-state index in [1.807, 2.05) is 6.07 Å². The third-order valence-corrected chi connectivity index (χ3v) is 2.65. The molecule has 1 aromatic carbocycles. The lowest BCUT2D eigenvalue weighted by Gasteiger charge is -2.16. The van der Waals surface area contributed by atoms with Crippen LogP contribution in [0.1, 0.15) is 23.7 Å². The van der Waals surface area contributed by atoms with Crippen LogP contribution in [0.4, 0.5) is 8.78 Å². The van der Waals surface area contributed by atoms with Gasteiger partial charge in [0, 0.05) is 5.92 Å². The molecule has 1 aromatic rings. The van der Waals surface area contributed by atoms with Crippen LogP contribution in [0.2, 0.25) is 0 Å². The minimum atomic E-state index is -1.30. The van der Waals surface area contributed by atoms with Gasteiger partial charge in [-0.05, 0) is 25.5 Å². The largest absolute Gasteiger partial charge is 0.368 e. The van der Waals surface area contributed by atoms with Crippen LogP contribution in [0.25, 0.3) is 0 Å². The average molecular weight is 281 g/mol. The lowest BCUT2D eigenvalue weighted by atomic mass is 10.0. The molecule has 0 unspecified atom stereocenters. The molecule has 106 valence electrons. The molecule has 0 saturated carbocycles. The number of hydrogen-bond donors (Lipinski definition) is 2. The molecule has 0 spiro atoms. The first-order valence-electron chi connectivity index (χ1n) is 5.80. The Bertz CT molecular complexity index is 569. The summed E-state index contributed by atoms with van der Waals surface area (Å²) in [5, 5.41) is 10.9. The first kappa shape index (κ1) is 15.6. The molecule has 0 aromatic heterocycles. The van der Waals surface area contributed by atoms with E-state index in [4.69, 9.17) is 11.0 Å². The van der Waals surface area contributed by atoms with Crippen LogP contribution in [0.5, 0.6) is 0 Å². The number of nitrogens with zero attached hydrogens (tertiary/aromatic N) is 1. The van der Waals surface area contributed by atoms with Crippen molar-refractivity contribution < 1.29 is 18.4 Å². The van der Waals surface area contributed by atoms with Gasteiger partial charge >= 0.3 is 0 Å². The Labute approximate surface area is 114 Å². The molecule has 7 heteroatoms. The highest BCUT2D eigenvalue weighted by Gasteiger charge is 2.23. The Kier molecular flexibility index (Phi) is 5.15. The number of halogens is 2. The summed E-state index contributed by atoms with van der Waals surface area (Å²) in [6.07, 6.45) is -0.00545. The number of nitrogens with two attached hydrogens (primary N) is 1. The van der Waals surface area contributed by atoms with Gasteiger partial charge < -0.3 is 11.1 Å². The monoisotopic (exact) mass is 281 g/mol. The summed E-state index contributed by atoms with van der Waals surface area (Å²) in [6.45, 7) is 1.55. The van der Waals surface area contributed by atoms with Crippen molar-refractivity contribution in [3.63, 3.8) is 0 Å². The average Bonchev–Trinajstić information content (AvgIpc) is 2.40. The minimum Gasteiger partial charge on any atom is -0.368 e. The van der Waals surface area contributed by atoms with Gasteiger partial charge in [0.1, 0.15) is 6.04 Å². The van der Waals surface area contributed by atoms with Crippen LogP contribution in [0.15, 0.2) is 18.2 Å². The lowest BCUT2D eigenvalue weighted by Crippen LogP contribution is -2.45. The zero-order valence-electron chi connectivity index (χ0n) is 10.7. The Balaban J connectivity index is 2.89. The van der Waals surface area contributed by atoms with Gasteiger partial charge in [0.2, 0.25) is 5.91 Å². The Morgan fingerprint density at radius 2 is 2.10 bits per heavy atom. The number of nitrogens with one attached hydrogen (secondary N) is 1. The Morgan fingerprint density at radius 1 is 1.45 bits per heavy atom. The molecular weight excluding hydrogens is 268 g/mol. The molecule has 5 nitrogen and oxygen atoms in total. The van der Waals surface area contributed by atoms with Gasteiger partial charge in [-0.3, -0.25) is 9.59 Å². The second kappa shape index (κ2) is 6.61. The normalized spacial score (nSPS) is 13.1. The summed E-state index contributed by atoms with van der Waals surface area (Å²) in [5.41, 5.74) is 4.58. The standard InChI is InChI=1S/C13H13F2N3O2/c1-7(6-16)5-10(12(17)19)18-13(20)8-3-2-4-9(14)11(8)15/h2-4,7,10H,5H2,1H3,(H2,17,19)(H,18,20)/t7-,10-/m0/s1. The maximum absolute atomic E-state index is 13.4. The molecule has 2 atom stereocenters. The van der Waals surface area contributed by atoms with E-state index in [1.165, 1.54) is 6.07 Å². The second-order valence-corrected chi connectivity index (χ2v) is 4.30. The van der Waals surface area contributed by atoms with E-state index in [9.17, 15) is 18.4 Å². The molecule has 2 amide bonds. The van der Waals surface area contributed by atoms with E-state index in [0.717, 1.165) is 12.1 Å². The van der Waals surface area contributed by atoms with Crippen LogP contribution in [-0.4, -0.2) is 17.9 Å². The fraction of sp³-hybridized carbons (Fsp3) is 0.308. The Morgan fingerprint density at radius 3 is 2.65 bits per heavy atom. The smallest absolute Gasteiger partial charge is 0.255 e. The lowest BCUT2D eigenvalue weighted by molar-refractivity contribution is -0.120. The van der Waals surface area contributed by atoms with Crippen molar-refractivity contribution in [2.45, 2.75) is 19.4 Å². The van der Waals surface area contributed by atoms with Crippen molar-refractivity contribution in [3.8, 4) is 6.07 Å². The fourth-order valence-electron chi connectivity index (χ4n) is 1.57. The molecule has 1 rings (SSSR count). The van der Waals surface area contributed by atoms with Crippen molar-refractivity contribution in [1.82, 2.24) is 5.32 Å². The van der Waals surface area contributed by atoms with Crippen molar-refractivity contribution in [2.75, 3.05) is 0 Å². The number of amides is 2. The SMILES string of the molecule is C[C@H](C#N)C[C@H](NC(=O)c1cccc(F)c1F)C(N)=O.